The number of fused-ring (bicyclic) bond motifs is 1. The lowest BCUT2D eigenvalue weighted by molar-refractivity contribution is -0.124. The van der Waals surface area contributed by atoms with Gasteiger partial charge in [-0.25, -0.2) is 4.98 Å². The fourth-order valence-corrected chi connectivity index (χ4v) is 1.93. The average Bonchev–Trinajstić information content (AvgIpc) is 2.98. The molecule has 1 fully saturated rings. The fraction of sp³-hybridized carbons (Fsp3) is 0.364. The zero-order valence-corrected chi connectivity index (χ0v) is 9.14. The van der Waals surface area contributed by atoms with Gasteiger partial charge in [0.1, 0.15) is 11.9 Å². The van der Waals surface area contributed by atoms with Gasteiger partial charge in [-0.15, -0.1) is 0 Å². The molecule has 0 saturated carbocycles. The average molecular weight is 232 g/mol. The SMILES string of the molecule is O=C(Nc1[nH]nc2ncccc12)C1CCCO1. The lowest BCUT2D eigenvalue weighted by Gasteiger charge is -2.08. The summed E-state index contributed by atoms with van der Waals surface area (Å²) in [6.07, 6.45) is 3.03. The summed E-state index contributed by atoms with van der Waals surface area (Å²) in [7, 11) is 0. The van der Waals surface area contributed by atoms with Crippen LogP contribution in [0, 0.1) is 0 Å². The molecule has 2 aromatic heterocycles. The van der Waals surface area contributed by atoms with Crippen molar-refractivity contribution >= 4 is 22.8 Å². The Morgan fingerprint density at radius 3 is 3.35 bits per heavy atom. The van der Waals surface area contributed by atoms with E-state index in [1.165, 1.54) is 0 Å². The summed E-state index contributed by atoms with van der Waals surface area (Å²) >= 11 is 0. The third-order valence-corrected chi connectivity index (χ3v) is 2.80. The van der Waals surface area contributed by atoms with Crippen LogP contribution < -0.4 is 5.32 Å². The minimum Gasteiger partial charge on any atom is -0.368 e. The number of aromatic nitrogens is 3. The van der Waals surface area contributed by atoms with Gasteiger partial charge in [0.25, 0.3) is 5.91 Å². The molecular weight excluding hydrogens is 220 g/mol. The van der Waals surface area contributed by atoms with E-state index in [0.29, 0.717) is 18.1 Å². The lowest BCUT2D eigenvalue weighted by Crippen LogP contribution is -2.27. The standard InChI is InChI=1S/C11H12N4O2/c16-11(8-4-2-6-17-8)13-10-7-3-1-5-12-9(7)14-15-10/h1,3,5,8H,2,4,6H2,(H2,12,13,14,15,16). The van der Waals surface area contributed by atoms with E-state index in [4.69, 9.17) is 4.74 Å². The van der Waals surface area contributed by atoms with Gasteiger partial charge < -0.3 is 10.1 Å². The number of rotatable bonds is 2. The van der Waals surface area contributed by atoms with E-state index in [1.807, 2.05) is 6.07 Å². The molecule has 1 aliphatic rings. The van der Waals surface area contributed by atoms with Gasteiger partial charge in [0.05, 0.1) is 5.39 Å². The van der Waals surface area contributed by atoms with Crippen molar-refractivity contribution in [3.8, 4) is 0 Å². The molecule has 0 aliphatic carbocycles. The summed E-state index contributed by atoms with van der Waals surface area (Å²) < 4.78 is 5.31. The Bertz CT molecular complexity index is 545. The van der Waals surface area contributed by atoms with Gasteiger partial charge in [-0.3, -0.25) is 9.89 Å². The first kappa shape index (κ1) is 10.2. The topological polar surface area (TPSA) is 79.9 Å². The van der Waals surface area contributed by atoms with Crippen LogP contribution in [0.2, 0.25) is 0 Å². The van der Waals surface area contributed by atoms with Gasteiger partial charge in [0.2, 0.25) is 0 Å². The van der Waals surface area contributed by atoms with Crippen LogP contribution in [0.15, 0.2) is 18.3 Å². The Morgan fingerprint density at radius 1 is 1.59 bits per heavy atom. The molecule has 0 aromatic carbocycles. The van der Waals surface area contributed by atoms with Crippen molar-refractivity contribution in [2.24, 2.45) is 0 Å². The van der Waals surface area contributed by atoms with Crippen molar-refractivity contribution in [3.05, 3.63) is 18.3 Å². The first-order chi connectivity index (χ1) is 8.34. The summed E-state index contributed by atoms with van der Waals surface area (Å²) in [6.45, 7) is 0.656. The second-order valence-corrected chi connectivity index (χ2v) is 3.96. The maximum Gasteiger partial charge on any atom is 0.254 e. The number of aromatic amines is 1. The number of nitrogens with one attached hydrogen (secondary N) is 2. The van der Waals surface area contributed by atoms with Crippen molar-refractivity contribution in [1.29, 1.82) is 0 Å². The van der Waals surface area contributed by atoms with E-state index in [1.54, 1.807) is 12.3 Å². The Hall–Kier alpha value is -1.95. The van der Waals surface area contributed by atoms with E-state index in [9.17, 15) is 4.79 Å². The van der Waals surface area contributed by atoms with Gasteiger partial charge in [-0.1, -0.05) is 0 Å². The molecule has 0 radical (unpaired) electrons. The van der Waals surface area contributed by atoms with Crippen LogP contribution in [-0.4, -0.2) is 33.8 Å². The van der Waals surface area contributed by atoms with Gasteiger partial charge in [0.15, 0.2) is 5.65 Å². The van der Waals surface area contributed by atoms with Gasteiger partial charge >= 0.3 is 0 Å². The Morgan fingerprint density at radius 2 is 2.53 bits per heavy atom. The van der Waals surface area contributed by atoms with Crippen LogP contribution in [0.4, 0.5) is 5.82 Å². The molecular formula is C11H12N4O2. The molecule has 0 spiro atoms. The second-order valence-electron chi connectivity index (χ2n) is 3.96. The Kier molecular flexibility index (Phi) is 2.49. The first-order valence-electron chi connectivity index (χ1n) is 5.56. The third-order valence-electron chi connectivity index (χ3n) is 2.80. The summed E-state index contributed by atoms with van der Waals surface area (Å²) in [4.78, 5) is 15.9. The number of ether oxygens (including phenoxy) is 1. The Balaban J connectivity index is 1.82. The van der Waals surface area contributed by atoms with Crippen LogP contribution >= 0.6 is 0 Å². The number of carbonyl (C=O) groups excluding carboxylic acids is 1. The maximum absolute atomic E-state index is 11.9. The number of H-pyrrole nitrogens is 1. The van der Waals surface area contributed by atoms with Crippen molar-refractivity contribution in [2.75, 3.05) is 11.9 Å². The molecule has 88 valence electrons. The predicted molar refractivity (Wildman–Crippen MR) is 61.5 cm³/mol. The maximum atomic E-state index is 11.9. The van der Waals surface area contributed by atoms with Crippen LogP contribution in [-0.2, 0) is 9.53 Å². The van der Waals surface area contributed by atoms with Gasteiger partial charge in [0, 0.05) is 12.8 Å². The highest BCUT2D eigenvalue weighted by molar-refractivity contribution is 6.00. The normalized spacial score (nSPS) is 19.6. The number of hydrogen-bond donors (Lipinski definition) is 2. The first-order valence-corrected chi connectivity index (χ1v) is 5.56. The number of nitrogens with zero attached hydrogens (tertiary/aromatic N) is 2. The molecule has 3 rings (SSSR count). The zero-order valence-electron chi connectivity index (χ0n) is 9.14. The molecule has 0 bridgehead atoms. The molecule has 1 unspecified atom stereocenters. The molecule has 2 aromatic rings. The van der Waals surface area contributed by atoms with E-state index < -0.39 is 0 Å². The highest BCUT2D eigenvalue weighted by Crippen LogP contribution is 2.19. The molecule has 3 heterocycles. The molecule has 6 nitrogen and oxygen atoms in total. The molecule has 17 heavy (non-hydrogen) atoms. The van der Waals surface area contributed by atoms with Crippen molar-refractivity contribution in [1.82, 2.24) is 15.2 Å². The van der Waals surface area contributed by atoms with Gasteiger partial charge in [-0.2, -0.15) is 5.10 Å². The summed E-state index contributed by atoms with van der Waals surface area (Å²) in [5, 5.41) is 10.4. The number of anilines is 1. The van der Waals surface area contributed by atoms with Gasteiger partial charge in [-0.05, 0) is 25.0 Å². The second kappa shape index (κ2) is 4.14. The quantitative estimate of drug-likeness (QED) is 0.811. The van der Waals surface area contributed by atoms with E-state index in [2.05, 4.69) is 20.5 Å². The fourth-order valence-electron chi connectivity index (χ4n) is 1.93. The monoisotopic (exact) mass is 232 g/mol. The molecule has 1 atom stereocenters. The zero-order chi connectivity index (χ0) is 11.7. The number of pyridine rings is 1. The summed E-state index contributed by atoms with van der Waals surface area (Å²) in [5.74, 6) is 0.450. The summed E-state index contributed by atoms with van der Waals surface area (Å²) in [6, 6.07) is 3.66. The highest BCUT2D eigenvalue weighted by Gasteiger charge is 2.24. The molecule has 1 saturated heterocycles. The lowest BCUT2D eigenvalue weighted by atomic mass is 10.2. The molecule has 1 aliphatic heterocycles. The molecule has 6 heteroatoms. The third kappa shape index (κ3) is 1.87. The van der Waals surface area contributed by atoms with Crippen molar-refractivity contribution in [3.63, 3.8) is 0 Å². The number of amides is 1. The summed E-state index contributed by atoms with van der Waals surface area (Å²) in [5.41, 5.74) is 0.593. The minimum atomic E-state index is -0.343. The van der Waals surface area contributed by atoms with Crippen molar-refractivity contribution in [2.45, 2.75) is 18.9 Å². The van der Waals surface area contributed by atoms with E-state index >= 15 is 0 Å². The van der Waals surface area contributed by atoms with E-state index in [-0.39, 0.29) is 12.0 Å². The highest BCUT2D eigenvalue weighted by atomic mass is 16.5. The Labute approximate surface area is 97.4 Å². The smallest absolute Gasteiger partial charge is 0.254 e. The minimum absolute atomic E-state index is 0.128. The van der Waals surface area contributed by atoms with Crippen LogP contribution in [0.1, 0.15) is 12.8 Å². The van der Waals surface area contributed by atoms with Crippen LogP contribution in [0.5, 0.6) is 0 Å². The number of carbonyl (C=O) groups is 1. The predicted octanol–water partition coefficient (Wildman–Crippen LogP) is 1.08. The molecule has 1 amide bonds. The molecule has 2 N–H and O–H groups in total. The van der Waals surface area contributed by atoms with E-state index in [0.717, 1.165) is 18.2 Å². The van der Waals surface area contributed by atoms with Crippen LogP contribution in [0.25, 0.3) is 11.0 Å². The largest absolute Gasteiger partial charge is 0.368 e. The van der Waals surface area contributed by atoms with Crippen LogP contribution in [0.3, 0.4) is 0 Å². The van der Waals surface area contributed by atoms with Crippen molar-refractivity contribution < 1.29 is 9.53 Å². The number of hydrogen-bond acceptors (Lipinski definition) is 4.